The predicted molar refractivity (Wildman–Crippen MR) is 169 cm³/mol. The van der Waals surface area contributed by atoms with Crippen molar-refractivity contribution in [3.05, 3.63) is 88.1 Å². The van der Waals surface area contributed by atoms with Gasteiger partial charge >= 0.3 is 0 Å². The molecule has 0 aliphatic heterocycles. The van der Waals surface area contributed by atoms with E-state index in [-0.39, 0.29) is 5.76 Å². The number of unbranched alkanes of at least 4 members (excludes halogenated alkanes) is 9. The van der Waals surface area contributed by atoms with Gasteiger partial charge in [0, 0.05) is 12.2 Å². The number of ether oxygens (including phenoxy) is 3. The molecule has 0 atom stereocenters. The number of methoxy groups -OCH3 is 2. The number of aryl methyl sites for hydroxylation is 1. The van der Waals surface area contributed by atoms with E-state index >= 15 is 0 Å². The summed E-state index contributed by atoms with van der Waals surface area (Å²) in [5.41, 5.74) is 2.89. The Hall–Kier alpha value is -3.77. The normalized spacial score (nSPS) is 11.2. The van der Waals surface area contributed by atoms with Crippen molar-refractivity contribution in [2.24, 2.45) is 0 Å². The van der Waals surface area contributed by atoms with E-state index in [1.807, 2.05) is 24.3 Å². The second-order valence-corrected chi connectivity index (χ2v) is 10.8. The summed E-state index contributed by atoms with van der Waals surface area (Å²) in [5.74, 6) is 0.765. The third kappa shape index (κ3) is 8.86. The van der Waals surface area contributed by atoms with Crippen molar-refractivity contribution in [2.45, 2.75) is 77.2 Å². The fourth-order valence-corrected chi connectivity index (χ4v) is 5.27. The molecule has 0 saturated heterocycles. The number of rotatable bonds is 18. The minimum absolute atomic E-state index is 0.119. The van der Waals surface area contributed by atoms with Crippen LogP contribution in [-0.4, -0.2) is 25.9 Å². The van der Waals surface area contributed by atoms with Gasteiger partial charge in [-0.05, 0) is 60.7 Å². The molecule has 0 amide bonds. The largest absolute Gasteiger partial charge is 0.502 e. The zero-order valence-electron chi connectivity index (χ0n) is 25.0. The van der Waals surface area contributed by atoms with Gasteiger partial charge < -0.3 is 23.7 Å². The van der Waals surface area contributed by atoms with Crippen LogP contribution in [0.25, 0.3) is 22.3 Å². The lowest BCUT2D eigenvalue weighted by molar-refractivity contribution is 0.116. The molecule has 4 aromatic rings. The molecule has 0 aliphatic carbocycles. The average molecular weight is 573 g/mol. The van der Waals surface area contributed by atoms with E-state index < -0.39 is 11.2 Å². The average Bonchev–Trinajstić information content (AvgIpc) is 3.03. The van der Waals surface area contributed by atoms with Gasteiger partial charge in [-0.1, -0.05) is 87.8 Å². The van der Waals surface area contributed by atoms with E-state index in [1.165, 1.54) is 64.0 Å². The molecule has 0 saturated carbocycles. The van der Waals surface area contributed by atoms with Crippen LogP contribution in [0.5, 0.6) is 17.2 Å². The standard InChI is InChI=1S/C36H44O6/c1-39-32-22-20-29(25-33(32)40-2)36-35(38)34(37)30-24-27(19-21-31(30)42-36)16-12-9-7-5-3-4-6-8-10-15-23-41-26-28-17-13-11-14-18-28/h11,13-14,17-22,24-25,38H,3-10,12,15-16,23,26H2,1-2H3. The van der Waals surface area contributed by atoms with Crippen LogP contribution in [0.3, 0.4) is 0 Å². The first-order chi connectivity index (χ1) is 20.6. The molecule has 0 bridgehead atoms. The molecule has 42 heavy (non-hydrogen) atoms. The highest BCUT2D eigenvalue weighted by Crippen LogP contribution is 2.36. The number of hydrogen-bond donors (Lipinski definition) is 1. The Morgan fingerprint density at radius 1 is 0.690 bits per heavy atom. The third-order valence-electron chi connectivity index (χ3n) is 7.69. The summed E-state index contributed by atoms with van der Waals surface area (Å²) in [5, 5.41) is 11.1. The van der Waals surface area contributed by atoms with Crippen molar-refractivity contribution in [3.8, 4) is 28.6 Å². The zero-order valence-corrected chi connectivity index (χ0v) is 25.0. The zero-order chi connectivity index (χ0) is 29.6. The first kappa shape index (κ1) is 31.2. The van der Waals surface area contributed by atoms with Crippen LogP contribution in [0.15, 0.2) is 75.9 Å². The van der Waals surface area contributed by atoms with E-state index in [4.69, 9.17) is 18.6 Å². The van der Waals surface area contributed by atoms with Crippen molar-refractivity contribution < 1.29 is 23.7 Å². The fraction of sp³-hybridized carbons (Fsp3) is 0.417. The van der Waals surface area contributed by atoms with Crippen molar-refractivity contribution in [1.29, 1.82) is 0 Å². The summed E-state index contributed by atoms with van der Waals surface area (Å²) in [6, 6.07) is 21.2. The van der Waals surface area contributed by atoms with Crippen LogP contribution in [0.2, 0.25) is 0 Å². The minimum atomic E-state index is -0.428. The maximum absolute atomic E-state index is 13.0. The second-order valence-electron chi connectivity index (χ2n) is 10.8. The van der Waals surface area contributed by atoms with E-state index in [9.17, 15) is 9.90 Å². The van der Waals surface area contributed by atoms with Crippen LogP contribution in [0.1, 0.15) is 75.3 Å². The Labute approximate surface area is 249 Å². The van der Waals surface area contributed by atoms with Gasteiger partial charge in [0.05, 0.1) is 26.2 Å². The van der Waals surface area contributed by atoms with Crippen LogP contribution in [-0.2, 0) is 17.8 Å². The molecular formula is C36H44O6. The molecule has 224 valence electrons. The molecular weight excluding hydrogens is 528 g/mol. The molecule has 1 heterocycles. The van der Waals surface area contributed by atoms with Gasteiger partial charge in [-0.15, -0.1) is 0 Å². The number of aromatic hydroxyl groups is 1. The molecule has 3 aromatic carbocycles. The lowest BCUT2D eigenvalue weighted by Gasteiger charge is -2.11. The lowest BCUT2D eigenvalue weighted by atomic mass is 10.0. The maximum atomic E-state index is 13.0. The summed E-state index contributed by atoms with van der Waals surface area (Å²) in [7, 11) is 3.09. The van der Waals surface area contributed by atoms with Gasteiger partial charge in [0.2, 0.25) is 11.2 Å². The summed E-state index contributed by atoms with van der Waals surface area (Å²) in [6.45, 7) is 1.56. The Morgan fingerprint density at radius 2 is 1.36 bits per heavy atom. The van der Waals surface area contributed by atoms with E-state index in [2.05, 4.69) is 24.3 Å². The monoisotopic (exact) mass is 572 g/mol. The molecule has 1 aromatic heterocycles. The summed E-state index contributed by atoms with van der Waals surface area (Å²) in [4.78, 5) is 13.0. The van der Waals surface area contributed by atoms with Crippen LogP contribution < -0.4 is 14.9 Å². The maximum Gasteiger partial charge on any atom is 0.235 e. The number of hydrogen-bond acceptors (Lipinski definition) is 6. The third-order valence-corrected chi connectivity index (χ3v) is 7.69. The quantitative estimate of drug-likeness (QED) is 0.120. The lowest BCUT2D eigenvalue weighted by Crippen LogP contribution is -2.03. The Morgan fingerprint density at radius 3 is 2.05 bits per heavy atom. The highest BCUT2D eigenvalue weighted by atomic mass is 16.5. The van der Waals surface area contributed by atoms with Crippen molar-refractivity contribution in [3.63, 3.8) is 0 Å². The number of benzene rings is 3. The molecule has 0 spiro atoms. The van der Waals surface area contributed by atoms with Gasteiger partial charge in [0.1, 0.15) is 5.58 Å². The summed E-state index contributed by atoms with van der Waals surface area (Å²) in [6.07, 6.45) is 13.2. The van der Waals surface area contributed by atoms with Crippen molar-refractivity contribution in [1.82, 2.24) is 0 Å². The Bertz CT molecular complexity index is 1440. The Balaban J connectivity index is 1.12. The highest BCUT2D eigenvalue weighted by Gasteiger charge is 2.17. The van der Waals surface area contributed by atoms with Crippen LogP contribution >= 0.6 is 0 Å². The van der Waals surface area contributed by atoms with Crippen molar-refractivity contribution in [2.75, 3.05) is 20.8 Å². The smallest absolute Gasteiger partial charge is 0.235 e. The van der Waals surface area contributed by atoms with Crippen LogP contribution in [0, 0.1) is 0 Å². The van der Waals surface area contributed by atoms with Gasteiger partial charge in [0.25, 0.3) is 0 Å². The van der Waals surface area contributed by atoms with E-state index in [0.29, 0.717) is 34.6 Å². The van der Waals surface area contributed by atoms with E-state index in [1.54, 1.807) is 25.3 Å². The van der Waals surface area contributed by atoms with E-state index in [0.717, 1.165) is 31.4 Å². The molecule has 6 heteroatoms. The molecule has 0 fully saturated rings. The minimum Gasteiger partial charge on any atom is -0.502 e. The molecule has 0 radical (unpaired) electrons. The second kappa shape index (κ2) is 16.6. The van der Waals surface area contributed by atoms with Gasteiger partial charge in [-0.25, -0.2) is 0 Å². The van der Waals surface area contributed by atoms with Gasteiger partial charge in [0.15, 0.2) is 17.3 Å². The summed E-state index contributed by atoms with van der Waals surface area (Å²) < 4.78 is 22.4. The predicted octanol–water partition coefficient (Wildman–Crippen LogP) is 8.84. The molecule has 0 aliphatic rings. The van der Waals surface area contributed by atoms with Gasteiger partial charge in [-0.3, -0.25) is 4.79 Å². The molecule has 0 unspecified atom stereocenters. The SMILES string of the molecule is COc1ccc(-c2oc3ccc(CCCCCCCCCCCCOCc4ccccc4)cc3c(=O)c2O)cc1OC. The molecule has 6 nitrogen and oxygen atoms in total. The fourth-order valence-electron chi connectivity index (χ4n) is 5.27. The highest BCUT2D eigenvalue weighted by molar-refractivity contribution is 5.82. The molecule has 4 rings (SSSR count). The first-order valence-corrected chi connectivity index (χ1v) is 15.2. The van der Waals surface area contributed by atoms with Gasteiger partial charge in [-0.2, -0.15) is 0 Å². The number of fused-ring (bicyclic) bond motifs is 1. The van der Waals surface area contributed by atoms with Crippen LogP contribution in [0.4, 0.5) is 0 Å². The Kier molecular flexibility index (Phi) is 12.3. The first-order valence-electron chi connectivity index (χ1n) is 15.2. The van der Waals surface area contributed by atoms with Crippen molar-refractivity contribution >= 4 is 11.0 Å². The molecule has 1 N–H and O–H groups in total. The summed E-state index contributed by atoms with van der Waals surface area (Å²) >= 11 is 0. The topological polar surface area (TPSA) is 78.1 Å².